The number of piperazine rings is 1. The minimum atomic E-state index is -1.16. The summed E-state index contributed by atoms with van der Waals surface area (Å²) in [6.07, 6.45) is 4.43. The van der Waals surface area contributed by atoms with Crippen LogP contribution in [0.5, 0.6) is 0 Å². The van der Waals surface area contributed by atoms with Crippen molar-refractivity contribution in [2.75, 3.05) is 41.3 Å². The van der Waals surface area contributed by atoms with Gasteiger partial charge in [0.1, 0.15) is 0 Å². The first-order valence-corrected chi connectivity index (χ1v) is 10.8. The van der Waals surface area contributed by atoms with Crippen molar-refractivity contribution in [3.8, 4) is 0 Å². The van der Waals surface area contributed by atoms with Crippen molar-refractivity contribution < 1.29 is 14.7 Å². The van der Waals surface area contributed by atoms with E-state index in [-0.39, 0.29) is 5.91 Å². The third-order valence-electron chi connectivity index (χ3n) is 6.25. The second-order valence-corrected chi connectivity index (χ2v) is 8.32. The van der Waals surface area contributed by atoms with Gasteiger partial charge in [-0.1, -0.05) is 29.8 Å². The number of hydrogen-bond acceptors (Lipinski definition) is 5. The fourth-order valence-corrected chi connectivity index (χ4v) is 4.33. The Morgan fingerprint density at radius 1 is 0.806 bits per heavy atom. The second kappa shape index (κ2) is 9.25. The minimum Gasteiger partial charge on any atom is -0.550 e. The lowest BCUT2D eigenvalue weighted by molar-refractivity contribution is -0.313. The number of carbonyl (C=O) groups is 2. The summed E-state index contributed by atoms with van der Waals surface area (Å²) < 4.78 is 0. The number of aliphatic carboxylic acids is 1. The maximum atomic E-state index is 12.6. The van der Waals surface area contributed by atoms with Crippen LogP contribution in [-0.2, 0) is 9.59 Å². The Labute approximate surface area is 183 Å². The average molecular weight is 419 g/mol. The normalized spacial score (nSPS) is 21.1. The zero-order valence-corrected chi connectivity index (χ0v) is 17.8. The van der Waals surface area contributed by atoms with E-state index in [9.17, 15) is 14.7 Å². The van der Waals surface area contributed by atoms with E-state index < -0.39 is 17.8 Å². The number of rotatable bonds is 5. The van der Waals surface area contributed by atoms with Gasteiger partial charge in [0.2, 0.25) is 5.91 Å². The van der Waals surface area contributed by atoms with Gasteiger partial charge < -0.3 is 25.0 Å². The summed E-state index contributed by atoms with van der Waals surface area (Å²) in [4.78, 5) is 28.7. The number of amides is 1. The Morgan fingerprint density at radius 3 is 1.81 bits per heavy atom. The van der Waals surface area contributed by atoms with E-state index in [0.717, 1.165) is 31.9 Å². The minimum absolute atomic E-state index is 0.266. The molecule has 0 unspecified atom stereocenters. The van der Waals surface area contributed by atoms with E-state index in [4.69, 9.17) is 0 Å². The van der Waals surface area contributed by atoms with E-state index in [1.54, 1.807) is 6.08 Å². The third-order valence-corrected chi connectivity index (χ3v) is 6.25. The Bertz CT molecular complexity index is 945. The SMILES string of the molecule is Cc1ccc(N2CCN(c3ccc(NC(=O)[C@@H]4CC=CC[C@@H]4C(=O)[O-])cc3)CC2)cc1. The molecule has 1 saturated heterocycles. The Morgan fingerprint density at radius 2 is 1.29 bits per heavy atom. The standard InChI is InChI=1S/C25H29N3O3/c1-18-6-10-20(11-7-18)27-14-16-28(17-15-27)21-12-8-19(9-13-21)26-24(29)22-4-2-3-5-23(22)25(30)31/h2-3,6-13,22-23H,4-5,14-17H2,1H3,(H,26,29)(H,30,31)/p-1/t22-,23+/m1/s1. The highest BCUT2D eigenvalue weighted by molar-refractivity contribution is 5.95. The molecule has 0 aromatic heterocycles. The Balaban J connectivity index is 1.33. The Hall–Kier alpha value is -3.28. The molecule has 6 nitrogen and oxygen atoms in total. The molecular formula is C25H28N3O3-. The van der Waals surface area contributed by atoms with Gasteiger partial charge in [-0.25, -0.2) is 0 Å². The van der Waals surface area contributed by atoms with Crippen LogP contribution < -0.4 is 20.2 Å². The molecule has 2 aromatic rings. The predicted molar refractivity (Wildman–Crippen MR) is 121 cm³/mol. The third kappa shape index (κ3) is 4.90. The van der Waals surface area contributed by atoms with E-state index in [1.165, 1.54) is 11.3 Å². The van der Waals surface area contributed by atoms with Crippen molar-refractivity contribution in [3.63, 3.8) is 0 Å². The highest BCUT2D eigenvalue weighted by Gasteiger charge is 2.29. The van der Waals surface area contributed by atoms with Crippen LogP contribution in [0, 0.1) is 18.8 Å². The summed E-state index contributed by atoms with van der Waals surface area (Å²) in [5, 5.41) is 14.2. The van der Waals surface area contributed by atoms with E-state index >= 15 is 0 Å². The van der Waals surface area contributed by atoms with Crippen LogP contribution in [0.2, 0.25) is 0 Å². The summed E-state index contributed by atoms with van der Waals surface area (Å²) in [6.45, 7) is 5.88. The number of anilines is 3. The molecule has 2 atom stereocenters. The lowest BCUT2D eigenvalue weighted by Gasteiger charge is -2.37. The van der Waals surface area contributed by atoms with Crippen LogP contribution in [0.15, 0.2) is 60.7 Å². The van der Waals surface area contributed by atoms with Crippen LogP contribution in [0.1, 0.15) is 18.4 Å². The Kier molecular flexibility index (Phi) is 6.26. The summed E-state index contributed by atoms with van der Waals surface area (Å²) in [5.74, 6) is -2.79. The number of carbonyl (C=O) groups excluding carboxylic acids is 2. The number of nitrogens with zero attached hydrogens (tertiary/aromatic N) is 2. The molecule has 6 heteroatoms. The molecule has 1 heterocycles. The van der Waals surface area contributed by atoms with Gasteiger partial charge in [0.05, 0.1) is 5.92 Å². The van der Waals surface area contributed by atoms with Gasteiger partial charge in [0.15, 0.2) is 0 Å². The first-order valence-electron chi connectivity index (χ1n) is 10.8. The molecule has 1 amide bonds. The quantitative estimate of drug-likeness (QED) is 0.756. The first-order chi connectivity index (χ1) is 15.0. The number of carboxylic acid groups (broad SMARTS) is 1. The van der Waals surface area contributed by atoms with Crippen molar-refractivity contribution in [2.45, 2.75) is 19.8 Å². The molecule has 1 N–H and O–H groups in total. The molecule has 0 saturated carbocycles. The van der Waals surface area contributed by atoms with E-state index in [0.29, 0.717) is 18.5 Å². The van der Waals surface area contributed by atoms with Crippen LogP contribution >= 0.6 is 0 Å². The van der Waals surface area contributed by atoms with Gasteiger partial charge in [0, 0.05) is 55.1 Å². The summed E-state index contributed by atoms with van der Waals surface area (Å²) in [7, 11) is 0. The zero-order valence-electron chi connectivity index (χ0n) is 17.8. The van der Waals surface area contributed by atoms with Gasteiger partial charge in [-0.2, -0.15) is 0 Å². The monoisotopic (exact) mass is 418 g/mol. The van der Waals surface area contributed by atoms with Gasteiger partial charge in [-0.05, 0) is 56.2 Å². The summed E-state index contributed by atoms with van der Waals surface area (Å²) >= 11 is 0. The fourth-order valence-electron chi connectivity index (χ4n) is 4.33. The summed E-state index contributed by atoms with van der Waals surface area (Å²) in [6, 6.07) is 16.4. The molecule has 0 radical (unpaired) electrons. The van der Waals surface area contributed by atoms with E-state index in [1.807, 2.05) is 30.3 Å². The maximum absolute atomic E-state index is 12.6. The molecular weight excluding hydrogens is 390 g/mol. The molecule has 2 aromatic carbocycles. The summed E-state index contributed by atoms with van der Waals surface area (Å²) in [5.41, 5.74) is 4.33. The zero-order chi connectivity index (χ0) is 21.8. The van der Waals surface area contributed by atoms with Crippen molar-refractivity contribution >= 4 is 28.9 Å². The van der Waals surface area contributed by atoms with Crippen LogP contribution in [0.4, 0.5) is 17.1 Å². The smallest absolute Gasteiger partial charge is 0.228 e. The molecule has 4 rings (SSSR count). The topological polar surface area (TPSA) is 75.7 Å². The number of nitrogens with one attached hydrogen (secondary N) is 1. The number of aryl methyl sites for hydroxylation is 1. The molecule has 1 fully saturated rings. The first kappa shape index (κ1) is 21.0. The number of hydrogen-bond donors (Lipinski definition) is 1. The van der Waals surface area contributed by atoms with Crippen molar-refractivity contribution in [2.24, 2.45) is 11.8 Å². The van der Waals surface area contributed by atoms with Gasteiger partial charge in [0.25, 0.3) is 0 Å². The largest absolute Gasteiger partial charge is 0.550 e. The molecule has 0 spiro atoms. The van der Waals surface area contributed by atoms with Gasteiger partial charge in [-0.3, -0.25) is 4.79 Å². The van der Waals surface area contributed by atoms with Gasteiger partial charge in [-0.15, -0.1) is 0 Å². The maximum Gasteiger partial charge on any atom is 0.228 e. The van der Waals surface area contributed by atoms with Crippen molar-refractivity contribution in [3.05, 3.63) is 66.2 Å². The highest BCUT2D eigenvalue weighted by atomic mass is 16.4. The fraction of sp³-hybridized carbons (Fsp3) is 0.360. The number of benzene rings is 2. The predicted octanol–water partition coefficient (Wildman–Crippen LogP) is 2.59. The number of carboxylic acids is 1. The van der Waals surface area contributed by atoms with Crippen LogP contribution in [0.3, 0.4) is 0 Å². The average Bonchev–Trinajstić information content (AvgIpc) is 2.80. The lowest BCUT2D eigenvalue weighted by Crippen LogP contribution is -2.46. The van der Waals surface area contributed by atoms with Crippen molar-refractivity contribution in [1.29, 1.82) is 0 Å². The van der Waals surface area contributed by atoms with E-state index in [2.05, 4.69) is 46.3 Å². The van der Waals surface area contributed by atoms with Crippen LogP contribution in [-0.4, -0.2) is 38.1 Å². The molecule has 0 bridgehead atoms. The molecule has 1 aliphatic heterocycles. The van der Waals surface area contributed by atoms with Crippen LogP contribution in [0.25, 0.3) is 0 Å². The molecule has 31 heavy (non-hydrogen) atoms. The molecule has 2 aliphatic rings. The van der Waals surface area contributed by atoms with Crippen molar-refractivity contribution in [1.82, 2.24) is 0 Å². The molecule has 1 aliphatic carbocycles. The molecule has 162 valence electrons. The lowest BCUT2D eigenvalue weighted by atomic mass is 9.82. The number of allylic oxidation sites excluding steroid dienone is 2. The highest BCUT2D eigenvalue weighted by Crippen LogP contribution is 2.27. The van der Waals surface area contributed by atoms with Gasteiger partial charge >= 0.3 is 0 Å². The second-order valence-electron chi connectivity index (χ2n) is 8.32.